The van der Waals surface area contributed by atoms with Crippen LogP contribution in [0, 0.1) is 0 Å². The number of nitrogens with zero attached hydrogens (tertiary/aromatic N) is 1. The van der Waals surface area contributed by atoms with E-state index in [1.165, 1.54) is 16.3 Å². The van der Waals surface area contributed by atoms with Crippen LogP contribution in [-0.2, 0) is 17.8 Å². The first-order chi connectivity index (χ1) is 13.7. The molecule has 0 saturated carbocycles. The van der Waals surface area contributed by atoms with Crippen LogP contribution in [0.2, 0.25) is 0 Å². The zero-order valence-electron chi connectivity index (χ0n) is 15.1. The number of nitrogens with one attached hydrogen (secondary N) is 1. The number of rotatable bonds is 4. The standard InChI is InChI=1S/C23H18N2O2S/c26-22-20(24-23(27)28-22)13-18-6-3-7-21-19(18)10-11-25(21)14-15-8-9-16-4-1-2-5-17(16)12-15/h1-12,20H,13-14H2,(H,24,27). The first-order valence-corrected chi connectivity index (χ1v) is 10.1. The molecule has 138 valence electrons. The van der Waals surface area contributed by atoms with Gasteiger partial charge in [0.2, 0.25) is 5.12 Å². The number of carbonyl (C=O) groups is 2. The van der Waals surface area contributed by atoms with Crippen molar-refractivity contribution in [3.63, 3.8) is 0 Å². The van der Waals surface area contributed by atoms with E-state index in [1.54, 1.807) is 0 Å². The largest absolute Gasteiger partial charge is 0.343 e. The number of amides is 1. The van der Waals surface area contributed by atoms with Crippen molar-refractivity contribution in [3.8, 4) is 0 Å². The molecule has 4 aromatic rings. The summed E-state index contributed by atoms with van der Waals surface area (Å²) in [6.45, 7) is 0.784. The van der Waals surface area contributed by atoms with Crippen molar-refractivity contribution >= 4 is 43.8 Å². The van der Waals surface area contributed by atoms with Crippen LogP contribution in [0.1, 0.15) is 11.1 Å². The predicted octanol–water partition coefficient (Wildman–Crippen LogP) is 4.74. The summed E-state index contributed by atoms with van der Waals surface area (Å²) in [6, 6.07) is 22.7. The molecule has 0 radical (unpaired) electrons. The molecule has 5 heteroatoms. The third-order valence-electron chi connectivity index (χ3n) is 5.26. The summed E-state index contributed by atoms with van der Waals surface area (Å²) in [5.41, 5.74) is 3.46. The molecule has 3 aromatic carbocycles. The number of hydrogen-bond donors (Lipinski definition) is 1. The quantitative estimate of drug-likeness (QED) is 0.551. The molecular formula is C23H18N2O2S. The van der Waals surface area contributed by atoms with E-state index in [9.17, 15) is 9.59 Å². The molecule has 1 atom stereocenters. The summed E-state index contributed by atoms with van der Waals surface area (Å²) in [6.07, 6.45) is 2.61. The Hall–Kier alpha value is -3.05. The van der Waals surface area contributed by atoms with Crippen molar-refractivity contribution < 1.29 is 9.59 Å². The van der Waals surface area contributed by atoms with Crippen LogP contribution in [0.5, 0.6) is 0 Å². The van der Waals surface area contributed by atoms with Crippen molar-refractivity contribution in [3.05, 3.63) is 84.1 Å². The fourth-order valence-corrected chi connectivity index (χ4v) is 4.55. The summed E-state index contributed by atoms with van der Waals surface area (Å²) < 4.78 is 2.23. The summed E-state index contributed by atoms with van der Waals surface area (Å²) >= 11 is 0.767. The van der Waals surface area contributed by atoms with Gasteiger partial charge in [0.05, 0.1) is 0 Å². The highest BCUT2D eigenvalue weighted by atomic mass is 32.2. The molecule has 1 aromatic heterocycles. The number of aromatic nitrogens is 1. The van der Waals surface area contributed by atoms with Crippen LogP contribution in [0.25, 0.3) is 21.7 Å². The molecule has 1 aliphatic heterocycles. The van der Waals surface area contributed by atoms with E-state index in [4.69, 9.17) is 0 Å². The minimum atomic E-state index is -0.438. The predicted molar refractivity (Wildman–Crippen MR) is 114 cm³/mol. The topological polar surface area (TPSA) is 51.1 Å². The van der Waals surface area contributed by atoms with Gasteiger partial charge in [0.1, 0.15) is 6.04 Å². The van der Waals surface area contributed by atoms with Crippen LogP contribution in [-0.4, -0.2) is 21.0 Å². The van der Waals surface area contributed by atoms with Crippen molar-refractivity contribution in [2.24, 2.45) is 0 Å². The van der Waals surface area contributed by atoms with E-state index in [1.807, 2.05) is 12.1 Å². The van der Waals surface area contributed by atoms with E-state index in [0.717, 1.165) is 34.8 Å². The van der Waals surface area contributed by atoms with E-state index in [-0.39, 0.29) is 10.4 Å². The van der Waals surface area contributed by atoms with Gasteiger partial charge in [0, 0.05) is 41.8 Å². The Morgan fingerprint density at radius 2 is 1.79 bits per heavy atom. The maximum Gasteiger partial charge on any atom is 0.287 e. The van der Waals surface area contributed by atoms with E-state index < -0.39 is 6.04 Å². The number of benzene rings is 3. The molecule has 0 bridgehead atoms. The highest BCUT2D eigenvalue weighted by molar-refractivity contribution is 8.26. The lowest BCUT2D eigenvalue weighted by molar-refractivity contribution is -0.112. The van der Waals surface area contributed by atoms with Gasteiger partial charge < -0.3 is 9.88 Å². The smallest absolute Gasteiger partial charge is 0.287 e. The fourth-order valence-electron chi connectivity index (χ4n) is 3.88. The average molecular weight is 386 g/mol. The molecule has 1 N–H and O–H groups in total. The van der Waals surface area contributed by atoms with Gasteiger partial charge in [-0.1, -0.05) is 48.5 Å². The Morgan fingerprint density at radius 1 is 0.929 bits per heavy atom. The summed E-state index contributed by atoms with van der Waals surface area (Å²) in [5.74, 6) is 0. The minimum absolute atomic E-state index is 0.0994. The van der Waals surface area contributed by atoms with Crippen molar-refractivity contribution in [1.29, 1.82) is 0 Å². The van der Waals surface area contributed by atoms with Crippen molar-refractivity contribution in [1.82, 2.24) is 9.88 Å². The van der Waals surface area contributed by atoms with Gasteiger partial charge in [-0.3, -0.25) is 9.59 Å². The zero-order valence-corrected chi connectivity index (χ0v) is 15.9. The molecular weight excluding hydrogens is 368 g/mol. The Balaban J connectivity index is 1.46. The van der Waals surface area contributed by atoms with Gasteiger partial charge >= 0.3 is 0 Å². The number of fused-ring (bicyclic) bond motifs is 2. The summed E-state index contributed by atoms with van der Waals surface area (Å²) in [7, 11) is 0. The SMILES string of the molecule is O=C1NC(Cc2cccc3c2ccn3Cc2ccc3ccccc3c2)C(=O)S1. The number of thioether (sulfide) groups is 1. The molecule has 5 rings (SSSR count). The maximum atomic E-state index is 12.0. The molecule has 0 aliphatic carbocycles. The first-order valence-electron chi connectivity index (χ1n) is 9.24. The molecule has 0 spiro atoms. The maximum absolute atomic E-state index is 12.0. The number of hydrogen-bond acceptors (Lipinski definition) is 3. The highest BCUT2D eigenvalue weighted by Crippen LogP contribution is 2.26. The second kappa shape index (κ2) is 6.84. The molecule has 1 unspecified atom stereocenters. The lowest BCUT2D eigenvalue weighted by Crippen LogP contribution is -2.30. The van der Waals surface area contributed by atoms with E-state index in [0.29, 0.717) is 6.42 Å². The zero-order chi connectivity index (χ0) is 19.1. The van der Waals surface area contributed by atoms with Crippen LogP contribution < -0.4 is 5.32 Å². The number of carbonyl (C=O) groups excluding carboxylic acids is 2. The van der Waals surface area contributed by atoms with Crippen molar-refractivity contribution in [2.75, 3.05) is 0 Å². The highest BCUT2D eigenvalue weighted by Gasteiger charge is 2.31. The molecule has 28 heavy (non-hydrogen) atoms. The third-order valence-corrected chi connectivity index (χ3v) is 6.05. The average Bonchev–Trinajstić information content (AvgIpc) is 3.25. The van der Waals surface area contributed by atoms with Gasteiger partial charge in [-0.15, -0.1) is 0 Å². The van der Waals surface area contributed by atoms with Crippen LogP contribution >= 0.6 is 11.8 Å². The summed E-state index contributed by atoms with van der Waals surface area (Å²) in [5, 5.41) is 6.01. The van der Waals surface area contributed by atoms with E-state index >= 15 is 0 Å². The molecule has 2 heterocycles. The summed E-state index contributed by atoms with van der Waals surface area (Å²) in [4.78, 5) is 23.4. The Labute approximate surface area is 166 Å². The Bertz CT molecular complexity index is 1230. The minimum Gasteiger partial charge on any atom is -0.343 e. The van der Waals surface area contributed by atoms with Crippen LogP contribution in [0.4, 0.5) is 4.79 Å². The molecule has 1 saturated heterocycles. The second-order valence-corrected chi connectivity index (χ2v) is 8.06. The van der Waals surface area contributed by atoms with Crippen molar-refractivity contribution in [2.45, 2.75) is 19.0 Å². The molecule has 1 fully saturated rings. The van der Waals surface area contributed by atoms with Gasteiger partial charge in [-0.05, 0) is 40.1 Å². The monoisotopic (exact) mass is 386 g/mol. The second-order valence-electron chi connectivity index (χ2n) is 7.08. The molecule has 1 aliphatic rings. The van der Waals surface area contributed by atoms with Gasteiger partial charge in [0.15, 0.2) is 0 Å². The van der Waals surface area contributed by atoms with Gasteiger partial charge in [0.25, 0.3) is 5.24 Å². The molecule has 4 nitrogen and oxygen atoms in total. The Morgan fingerprint density at radius 3 is 2.61 bits per heavy atom. The fraction of sp³-hybridized carbons (Fsp3) is 0.130. The van der Waals surface area contributed by atoms with Gasteiger partial charge in [-0.25, -0.2) is 0 Å². The van der Waals surface area contributed by atoms with Gasteiger partial charge in [-0.2, -0.15) is 0 Å². The third kappa shape index (κ3) is 3.08. The molecule has 1 amide bonds. The first kappa shape index (κ1) is 17.1. The lowest BCUT2D eigenvalue weighted by atomic mass is 10.0. The van der Waals surface area contributed by atoms with Crippen LogP contribution in [0.3, 0.4) is 0 Å². The Kier molecular flexibility index (Phi) is 4.17. The van der Waals surface area contributed by atoms with E-state index in [2.05, 4.69) is 70.7 Å². The normalized spacial score (nSPS) is 16.8. The lowest BCUT2D eigenvalue weighted by Gasteiger charge is -2.11. The van der Waals surface area contributed by atoms with Crippen LogP contribution in [0.15, 0.2) is 72.9 Å².